The Hall–Kier alpha value is -4.13. The average molecular weight is 596 g/mol. The van der Waals surface area contributed by atoms with Gasteiger partial charge >= 0.3 is 12.0 Å². The monoisotopic (exact) mass is 595 g/mol. The standard InChI is InChI=1S/C37H45N3O4/c41-35(42)23-24-38-36(43)31-17-15-27(16-18-31)26-40(33-21-19-29(20-22-33)28-9-3-1-4-10-28)37(44)39-25-32-13-7-8-14-34(32)30-11-5-2-6-12-30/h2,5-8,11-18,28-29,33H,1,3-4,9-10,19-26H2,(H,38,43)(H,39,44)(H,41,42). The van der Waals surface area contributed by atoms with Crippen LogP contribution in [0.4, 0.5) is 4.79 Å². The number of carboxylic acid groups (broad SMARTS) is 1. The number of urea groups is 1. The molecule has 7 heteroatoms. The van der Waals surface area contributed by atoms with Crippen LogP contribution in [-0.2, 0) is 17.9 Å². The van der Waals surface area contributed by atoms with E-state index in [1.165, 1.54) is 44.9 Å². The topological polar surface area (TPSA) is 98.7 Å². The molecule has 232 valence electrons. The number of carbonyl (C=O) groups excluding carboxylic acids is 2. The number of hydrogen-bond donors (Lipinski definition) is 3. The van der Waals surface area contributed by atoms with E-state index < -0.39 is 5.97 Å². The fourth-order valence-corrected chi connectivity index (χ4v) is 7.05. The Balaban J connectivity index is 1.27. The summed E-state index contributed by atoms with van der Waals surface area (Å²) in [6, 6.07) is 25.8. The van der Waals surface area contributed by atoms with Gasteiger partial charge in [0.05, 0.1) is 6.42 Å². The van der Waals surface area contributed by atoms with E-state index in [1.54, 1.807) is 12.1 Å². The third kappa shape index (κ3) is 8.49. The average Bonchev–Trinajstić information content (AvgIpc) is 3.07. The third-order valence-corrected chi connectivity index (χ3v) is 9.49. The van der Waals surface area contributed by atoms with Crippen LogP contribution in [0.1, 0.15) is 85.7 Å². The van der Waals surface area contributed by atoms with Crippen molar-refractivity contribution in [3.63, 3.8) is 0 Å². The minimum absolute atomic E-state index is 0.0653. The Kier molecular flexibility index (Phi) is 11.1. The van der Waals surface area contributed by atoms with Gasteiger partial charge in [-0.1, -0.05) is 98.8 Å². The number of hydrogen-bond acceptors (Lipinski definition) is 3. The summed E-state index contributed by atoms with van der Waals surface area (Å²) in [6.07, 6.45) is 11.1. The van der Waals surface area contributed by atoms with Gasteiger partial charge in [0.15, 0.2) is 0 Å². The number of aliphatic carboxylic acids is 1. The fraction of sp³-hybridized carbons (Fsp3) is 0.432. The van der Waals surface area contributed by atoms with Crippen molar-refractivity contribution in [1.29, 1.82) is 0 Å². The highest BCUT2D eigenvalue weighted by atomic mass is 16.4. The Morgan fingerprint density at radius 1 is 0.727 bits per heavy atom. The molecule has 3 aromatic carbocycles. The van der Waals surface area contributed by atoms with Crippen molar-refractivity contribution in [2.75, 3.05) is 6.54 Å². The number of nitrogens with one attached hydrogen (secondary N) is 2. The second kappa shape index (κ2) is 15.6. The third-order valence-electron chi connectivity index (χ3n) is 9.49. The van der Waals surface area contributed by atoms with Crippen LogP contribution in [0.25, 0.3) is 11.1 Å². The molecule has 44 heavy (non-hydrogen) atoms. The molecular weight excluding hydrogens is 550 g/mol. The van der Waals surface area contributed by atoms with Crippen molar-refractivity contribution in [3.8, 4) is 11.1 Å². The van der Waals surface area contributed by atoms with E-state index in [1.807, 2.05) is 47.4 Å². The smallest absolute Gasteiger partial charge is 0.318 e. The lowest BCUT2D eigenvalue weighted by Gasteiger charge is -2.40. The molecule has 0 saturated heterocycles. The van der Waals surface area contributed by atoms with E-state index in [4.69, 9.17) is 5.11 Å². The molecule has 3 aromatic rings. The molecule has 0 radical (unpaired) electrons. The first-order chi connectivity index (χ1) is 21.5. The van der Waals surface area contributed by atoms with Crippen molar-refractivity contribution in [2.24, 2.45) is 11.8 Å². The van der Waals surface area contributed by atoms with E-state index >= 15 is 0 Å². The zero-order chi connectivity index (χ0) is 30.7. The summed E-state index contributed by atoms with van der Waals surface area (Å²) in [6.45, 7) is 0.986. The maximum Gasteiger partial charge on any atom is 0.318 e. The number of carboxylic acids is 1. The lowest BCUT2D eigenvalue weighted by Crippen LogP contribution is -2.47. The first-order valence-electron chi connectivity index (χ1n) is 16.2. The molecule has 0 aromatic heterocycles. The van der Waals surface area contributed by atoms with Gasteiger partial charge in [-0.2, -0.15) is 0 Å². The molecule has 3 amide bonds. The minimum atomic E-state index is -0.949. The summed E-state index contributed by atoms with van der Waals surface area (Å²) < 4.78 is 0. The Labute approximate surface area is 261 Å². The minimum Gasteiger partial charge on any atom is -0.481 e. The van der Waals surface area contributed by atoms with Crippen LogP contribution < -0.4 is 10.6 Å². The molecule has 2 saturated carbocycles. The first-order valence-corrected chi connectivity index (χ1v) is 16.2. The molecule has 2 aliphatic carbocycles. The van der Waals surface area contributed by atoms with E-state index in [-0.39, 0.29) is 30.9 Å². The zero-order valence-corrected chi connectivity index (χ0v) is 25.5. The summed E-state index contributed by atoms with van der Waals surface area (Å²) in [5, 5.41) is 14.7. The molecular formula is C37H45N3O4. The molecule has 0 unspecified atom stereocenters. The van der Waals surface area contributed by atoms with Gasteiger partial charge in [-0.25, -0.2) is 4.79 Å². The van der Waals surface area contributed by atoms with E-state index in [0.717, 1.165) is 46.9 Å². The maximum atomic E-state index is 13.9. The largest absolute Gasteiger partial charge is 0.481 e. The SMILES string of the molecule is O=C(O)CCNC(=O)c1ccc(CN(C(=O)NCc2ccccc2-c2ccccc2)C2CCC(C3CCCCC3)CC2)cc1. The van der Waals surface area contributed by atoms with Crippen molar-refractivity contribution in [3.05, 3.63) is 95.6 Å². The lowest BCUT2D eigenvalue weighted by molar-refractivity contribution is -0.136. The van der Waals surface area contributed by atoms with Gasteiger partial charge in [0.2, 0.25) is 0 Å². The normalized spacial score (nSPS) is 18.7. The summed E-state index contributed by atoms with van der Waals surface area (Å²) in [7, 11) is 0. The number of amides is 3. The van der Waals surface area contributed by atoms with Crippen LogP contribution in [0.3, 0.4) is 0 Å². The molecule has 7 nitrogen and oxygen atoms in total. The highest BCUT2D eigenvalue weighted by molar-refractivity contribution is 5.94. The van der Waals surface area contributed by atoms with Gasteiger partial charge in [0.25, 0.3) is 5.91 Å². The van der Waals surface area contributed by atoms with Crippen molar-refractivity contribution in [1.82, 2.24) is 15.5 Å². The Bertz CT molecular complexity index is 1380. The zero-order valence-electron chi connectivity index (χ0n) is 25.5. The quantitative estimate of drug-likeness (QED) is 0.215. The van der Waals surface area contributed by atoms with Crippen molar-refractivity contribution >= 4 is 17.9 Å². The molecule has 0 bridgehead atoms. The van der Waals surface area contributed by atoms with Gasteiger partial charge in [-0.05, 0) is 71.9 Å². The van der Waals surface area contributed by atoms with Crippen LogP contribution in [-0.4, -0.2) is 40.5 Å². The summed E-state index contributed by atoms with van der Waals surface area (Å²) in [4.78, 5) is 39.1. The van der Waals surface area contributed by atoms with Crippen LogP contribution in [0.5, 0.6) is 0 Å². The van der Waals surface area contributed by atoms with Gasteiger partial charge in [-0.3, -0.25) is 9.59 Å². The van der Waals surface area contributed by atoms with E-state index in [0.29, 0.717) is 18.7 Å². The van der Waals surface area contributed by atoms with Crippen LogP contribution in [0.2, 0.25) is 0 Å². The van der Waals surface area contributed by atoms with Gasteiger partial charge < -0.3 is 20.6 Å². The van der Waals surface area contributed by atoms with Gasteiger partial charge in [0.1, 0.15) is 0 Å². The van der Waals surface area contributed by atoms with E-state index in [2.05, 4.69) is 34.9 Å². The first kappa shape index (κ1) is 31.3. The second-order valence-corrected chi connectivity index (χ2v) is 12.4. The summed E-state index contributed by atoms with van der Waals surface area (Å²) in [5.74, 6) is 0.365. The maximum absolute atomic E-state index is 13.9. The molecule has 3 N–H and O–H groups in total. The highest BCUT2D eigenvalue weighted by Gasteiger charge is 2.32. The van der Waals surface area contributed by atoms with Gasteiger partial charge in [0, 0.05) is 31.2 Å². The molecule has 0 heterocycles. The number of benzene rings is 3. The highest BCUT2D eigenvalue weighted by Crippen LogP contribution is 2.39. The summed E-state index contributed by atoms with van der Waals surface area (Å²) >= 11 is 0. The number of nitrogens with zero attached hydrogens (tertiary/aromatic N) is 1. The molecule has 2 aliphatic rings. The predicted octanol–water partition coefficient (Wildman–Crippen LogP) is 7.41. The molecule has 0 aliphatic heterocycles. The van der Waals surface area contributed by atoms with Crippen molar-refractivity contribution < 1.29 is 19.5 Å². The summed E-state index contributed by atoms with van der Waals surface area (Å²) in [5.41, 5.74) is 4.75. The van der Waals surface area contributed by atoms with Crippen molar-refractivity contribution in [2.45, 2.75) is 83.3 Å². The molecule has 0 atom stereocenters. The van der Waals surface area contributed by atoms with Crippen LogP contribution >= 0.6 is 0 Å². The number of rotatable bonds is 11. The van der Waals surface area contributed by atoms with Crippen LogP contribution in [0.15, 0.2) is 78.9 Å². The number of carbonyl (C=O) groups is 3. The van der Waals surface area contributed by atoms with E-state index in [9.17, 15) is 14.4 Å². The molecule has 2 fully saturated rings. The van der Waals surface area contributed by atoms with Crippen LogP contribution in [0, 0.1) is 11.8 Å². The fourth-order valence-electron chi connectivity index (χ4n) is 7.05. The Morgan fingerprint density at radius 2 is 1.39 bits per heavy atom. The second-order valence-electron chi connectivity index (χ2n) is 12.4. The lowest BCUT2D eigenvalue weighted by atomic mass is 9.72. The molecule has 5 rings (SSSR count). The predicted molar refractivity (Wildman–Crippen MR) is 173 cm³/mol. The molecule has 0 spiro atoms. The Morgan fingerprint density at radius 3 is 2.09 bits per heavy atom. The van der Waals surface area contributed by atoms with Gasteiger partial charge in [-0.15, -0.1) is 0 Å².